The smallest absolute Gasteiger partial charge is 0.216 e. The number of aryl methyl sites for hydroxylation is 2. The zero-order chi connectivity index (χ0) is 13.0. The van der Waals surface area contributed by atoms with Crippen LogP contribution in [0, 0.1) is 6.92 Å². The van der Waals surface area contributed by atoms with Crippen LogP contribution in [0.25, 0.3) is 0 Å². The van der Waals surface area contributed by atoms with E-state index in [0.29, 0.717) is 19.3 Å². The van der Waals surface area contributed by atoms with Gasteiger partial charge in [-0.25, -0.2) is 4.68 Å². The van der Waals surface area contributed by atoms with E-state index in [0.717, 1.165) is 24.7 Å². The van der Waals surface area contributed by atoms with Crippen molar-refractivity contribution in [1.82, 2.24) is 15.1 Å². The van der Waals surface area contributed by atoms with Gasteiger partial charge in [-0.1, -0.05) is 0 Å². The van der Waals surface area contributed by atoms with Gasteiger partial charge in [-0.05, 0) is 26.7 Å². The highest BCUT2D eigenvalue weighted by Gasteiger charge is 2.22. The van der Waals surface area contributed by atoms with E-state index < -0.39 is 0 Å². The Bertz CT molecular complexity index is 386. The molecule has 1 N–H and O–H groups in total. The predicted octanol–water partition coefficient (Wildman–Crippen LogP) is 1.40. The Labute approximate surface area is 108 Å². The van der Waals surface area contributed by atoms with E-state index in [9.17, 15) is 0 Å². The van der Waals surface area contributed by atoms with Crippen LogP contribution in [0.3, 0.4) is 0 Å². The van der Waals surface area contributed by atoms with Gasteiger partial charge in [0.1, 0.15) is 6.61 Å². The third-order valence-corrected chi connectivity index (χ3v) is 3.10. The fourth-order valence-electron chi connectivity index (χ4n) is 1.94. The Morgan fingerprint density at radius 2 is 2.17 bits per heavy atom. The second-order valence-electron chi connectivity index (χ2n) is 4.69. The molecule has 18 heavy (non-hydrogen) atoms. The molecule has 1 aromatic heterocycles. The maximum absolute atomic E-state index is 5.78. The van der Waals surface area contributed by atoms with Crippen molar-refractivity contribution < 1.29 is 9.47 Å². The average molecular weight is 253 g/mol. The molecule has 0 radical (unpaired) electrons. The van der Waals surface area contributed by atoms with Crippen LogP contribution in [-0.4, -0.2) is 35.6 Å². The van der Waals surface area contributed by atoms with Gasteiger partial charge < -0.3 is 14.8 Å². The molecule has 1 aliphatic rings. The molecule has 0 amide bonds. The quantitative estimate of drug-likeness (QED) is 0.711. The molecule has 2 rings (SSSR count). The first-order chi connectivity index (χ1) is 8.72. The summed E-state index contributed by atoms with van der Waals surface area (Å²) in [5.41, 5.74) is 2.21. The maximum atomic E-state index is 5.78. The van der Waals surface area contributed by atoms with Gasteiger partial charge in [0.25, 0.3) is 0 Å². The number of rotatable bonds is 8. The molecule has 0 atom stereocenters. The van der Waals surface area contributed by atoms with Crippen LogP contribution in [0.15, 0.2) is 0 Å². The van der Waals surface area contributed by atoms with Crippen LogP contribution in [-0.2, 0) is 18.3 Å². The molecule has 1 aliphatic carbocycles. The van der Waals surface area contributed by atoms with Crippen molar-refractivity contribution in [2.45, 2.75) is 39.3 Å². The van der Waals surface area contributed by atoms with E-state index in [4.69, 9.17) is 9.47 Å². The van der Waals surface area contributed by atoms with Crippen LogP contribution >= 0.6 is 0 Å². The zero-order valence-corrected chi connectivity index (χ0v) is 11.5. The van der Waals surface area contributed by atoms with Crippen molar-refractivity contribution in [3.63, 3.8) is 0 Å². The largest absolute Gasteiger partial charge is 0.475 e. The lowest BCUT2D eigenvalue weighted by Crippen LogP contribution is -2.17. The Morgan fingerprint density at radius 3 is 2.83 bits per heavy atom. The molecule has 1 heterocycles. The zero-order valence-electron chi connectivity index (χ0n) is 11.5. The van der Waals surface area contributed by atoms with E-state index in [-0.39, 0.29) is 0 Å². The number of ether oxygens (including phenoxy) is 2. The van der Waals surface area contributed by atoms with E-state index in [1.807, 2.05) is 25.6 Å². The maximum Gasteiger partial charge on any atom is 0.216 e. The van der Waals surface area contributed by atoms with Gasteiger partial charge >= 0.3 is 0 Å². The van der Waals surface area contributed by atoms with Crippen molar-refractivity contribution in [3.05, 3.63) is 11.3 Å². The van der Waals surface area contributed by atoms with Gasteiger partial charge in [-0.2, -0.15) is 5.10 Å². The van der Waals surface area contributed by atoms with Crippen molar-refractivity contribution in [2.75, 3.05) is 19.8 Å². The molecular weight excluding hydrogens is 230 g/mol. The lowest BCUT2D eigenvalue weighted by molar-refractivity contribution is 0.106. The fourth-order valence-corrected chi connectivity index (χ4v) is 1.94. The molecule has 0 bridgehead atoms. The first-order valence-corrected chi connectivity index (χ1v) is 6.68. The molecule has 102 valence electrons. The van der Waals surface area contributed by atoms with Crippen LogP contribution in [0.2, 0.25) is 0 Å². The lowest BCUT2D eigenvalue weighted by atomic mass is 10.2. The molecule has 0 aliphatic heterocycles. The Balaban J connectivity index is 1.92. The van der Waals surface area contributed by atoms with E-state index in [1.54, 1.807) is 0 Å². The summed E-state index contributed by atoms with van der Waals surface area (Å²) in [5, 5.41) is 7.92. The van der Waals surface area contributed by atoms with E-state index in [2.05, 4.69) is 10.4 Å². The number of nitrogens with zero attached hydrogens (tertiary/aromatic N) is 2. The summed E-state index contributed by atoms with van der Waals surface area (Å²) in [6.45, 7) is 6.77. The molecule has 5 nitrogen and oxygen atoms in total. The van der Waals surface area contributed by atoms with Gasteiger partial charge in [0.15, 0.2) is 0 Å². The SMILES string of the molecule is CCOCCOc1c(CNC2CC2)c(C)nn1C. The normalized spacial score (nSPS) is 15.1. The summed E-state index contributed by atoms with van der Waals surface area (Å²) < 4.78 is 12.9. The molecule has 0 spiro atoms. The standard InChI is InChI=1S/C13H23N3O2/c1-4-17-7-8-18-13-12(9-14-11-5-6-11)10(2)15-16(13)3/h11,14H,4-9H2,1-3H3. The highest BCUT2D eigenvalue weighted by Crippen LogP contribution is 2.24. The highest BCUT2D eigenvalue weighted by molar-refractivity contribution is 5.31. The second kappa shape index (κ2) is 6.20. The summed E-state index contributed by atoms with van der Waals surface area (Å²) in [4.78, 5) is 0. The Morgan fingerprint density at radius 1 is 1.39 bits per heavy atom. The minimum absolute atomic E-state index is 0.573. The summed E-state index contributed by atoms with van der Waals surface area (Å²) >= 11 is 0. The minimum Gasteiger partial charge on any atom is -0.475 e. The van der Waals surface area contributed by atoms with Crippen molar-refractivity contribution in [2.24, 2.45) is 7.05 Å². The Kier molecular flexibility index (Phi) is 4.60. The van der Waals surface area contributed by atoms with Gasteiger partial charge in [0.05, 0.1) is 17.9 Å². The van der Waals surface area contributed by atoms with Crippen LogP contribution in [0.1, 0.15) is 31.0 Å². The summed E-state index contributed by atoms with van der Waals surface area (Å²) in [6.07, 6.45) is 2.58. The predicted molar refractivity (Wildman–Crippen MR) is 69.8 cm³/mol. The van der Waals surface area contributed by atoms with E-state index in [1.165, 1.54) is 18.4 Å². The van der Waals surface area contributed by atoms with Crippen LogP contribution < -0.4 is 10.1 Å². The topological polar surface area (TPSA) is 48.3 Å². The Hall–Kier alpha value is -1.07. The third kappa shape index (κ3) is 3.46. The van der Waals surface area contributed by atoms with Crippen molar-refractivity contribution >= 4 is 0 Å². The molecular formula is C13H23N3O2. The number of hydrogen-bond acceptors (Lipinski definition) is 4. The lowest BCUT2D eigenvalue weighted by Gasteiger charge is -2.09. The third-order valence-electron chi connectivity index (χ3n) is 3.10. The highest BCUT2D eigenvalue weighted by atomic mass is 16.5. The second-order valence-corrected chi connectivity index (χ2v) is 4.69. The summed E-state index contributed by atoms with van der Waals surface area (Å²) in [7, 11) is 1.92. The summed E-state index contributed by atoms with van der Waals surface area (Å²) in [6, 6.07) is 0.695. The van der Waals surface area contributed by atoms with Gasteiger partial charge in [0.2, 0.25) is 5.88 Å². The molecule has 0 aromatic carbocycles. The molecule has 5 heteroatoms. The van der Waals surface area contributed by atoms with Crippen molar-refractivity contribution in [1.29, 1.82) is 0 Å². The molecule has 1 fully saturated rings. The van der Waals surface area contributed by atoms with Crippen molar-refractivity contribution in [3.8, 4) is 5.88 Å². The number of hydrogen-bond donors (Lipinski definition) is 1. The molecule has 0 saturated heterocycles. The first-order valence-electron chi connectivity index (χ1n) is 6.68. The number of aromatic nitrogens is 2. The molecule has 1 aromatic rings. The van der Waals surface area contributed by atoms with Crippen LogP contribution in [0.4, 0.5) is 0 Å². The van der Waals surface area contributed by atoms with Gasteiger partial charge in [-0.3, -0.25) is 0 Å². The molecule has 1 saturated carbocycles. The van der Waals surface area contributed by atoms with Gasteiger partial charge in [-0.15, -0.1) is 0 Å². The van der Waals surface area contributed by atoms with Crippen LogP contribution in [0.5, 0.6) is 5.88 Å². The fraction of sp³-hybridized carbons (Fsp3) is 0.769. The average Bonchev–Trinajstić information content (AvgIpc) is 3.11. The molecule has 0 unspecified atom stereocenters. The minimum atomic E-state index is 0.573. The first kappa shape index (κ1) is 13.4. The van der Waals surface area contributed by atoms with E-state index >= 15 is 0 Å². The monoisotopic (exact) mass is 253 g/mol. The number of nitrogens with one attached hydrogen (secondary N) is 1. The van der Waals surface area contributed by atoms with Gasteiger partial charge in [0, 0.05) is 26.2 Å². The summed E-state index contributed by atoms with van der Waals surface area (Å²) in [5.74, 6) is 0.861.